The van der Waals surface area contributed by atoms with Crippen LogP contribution in [0.4, 0.5) is 0 Å². The standard InChI is InChI=1S/C31H40O7/c1-15-9-8-10-21(32)22(15)27(34)37-25-16(2)13-30-17(3)11-20-23(28(20,4)5)19(24(30)33)12-18-14-36-29(6,7)38-26(18)31(25,30)35/h8-10,12-13,17,19-20,23-26,32-33,35H,11,14H2,1-7H3/t17-,19+,20-,23+,24?,25+,26-,30+,31-/m1/s1. The van der Waals surface area contributed by atoms with Crippen LogP contribution in [0.1, 0.15) is 63.9 Å². The van der Waals surface area contributed by atoms with Crippen molar-refractivity contribution in [1.29, 1.82) is 0 Å². The number of phenols is 1. The number of aryl methyl sites for hydroxylation is 1. The maximum atomic E-state index is 13.6. The van der Waals surface area contributed by atoms with Crippen molar-refractivity contribution in [1.82, 2.24) is 0 Å². The zero-order chi connectivity index (χ0) is 27.6. The highest BCUT2D eigenvalue weighted by Gasteiger charge is 2.77. The summed E-state index contributed by atoms with van der Waals surface area (Å²) in [5.74, 6) is -1.51. The molecule has 1 aromatic rings. The Morgan fingerprint density at radius 1 is 1.16 bits per heavy atom. The summed E-state index contributed by atoms with van der Waals surface area (Å²) < 4.78 is 18.7. The van der Waals surface area contributed by atoms with Gasteiger partial charge in [-0.2, -0.15) is 0 Å². The second kappa shape index (κ2) is 7.94. The first-order chi connectivity index (χ1) is 17.7. The number of benzene rings is 1. The summed E-state index contributed by atoms with van der Waals surface area (Å²) in [6.45, 7) is 14.1. The quantitative estimate of drug-likeness (QED) is 0.392. The third kappa shape index (κ3) is 3.19. The molecule has 38 heavy (non-hydrogen) atoms. The Kier molecular flexibility index (Phi) is 5.44. The largest absolute Gasteiger partial charge is 0.507 e. The molecule has 0 radical (unpaired) electrons. The lowest BCUT2D eigenvalue weighted by atomic mass is 9.58. The molecule has 1 heterocycles. The number of carbonyl (C=O) groups excluding carboxylic acids is 1. The van der Waals surface area contributed by atoms with Crippen molar-refractivity contribution in [3.8, 4) is 5.75 Å². The van der Waals surface area contributed by atoms with Gasteiger partial charge in [-0.15, -0.1) is 0 Å². The normalized spacial score (nSPS) is 43.9. The first kappa shape index (κ1) is 26.1. The first-order valence-corrected chi connectivity index (χ1v) is 13.8. The van der Waals surface area contributed by atoms with E-state index in [1.165, 1.54) is 6.07 Å². The maximum absolute atomic E-state index is 13.6. The van der Waals surface area contributed by atoms with E-state index in [1.54, 1.807) is 19.1 Å². The van der Waals surface area contributed by atoms with Gasteiger partial charge in [0.1, 0.15) is 23.0 Å². The highest BCUT2D eigenvalue weighted by Crippen LogP contribution is 2.73. The zero-order valence-corrected chi connectivity index (χ0v) is 23.3. The second-order valence-electron chi connectivity index (χ2n) is 13.4. The molecule has 7 heteroatoms. The number of aliphatic hydroxyl groups excluding tert-OH is 1. The van der Waals surface area contributed by atoms with Crippen molar-refractivity contribution in [3.63, 3.8) is 0 Å². The van der Waals surface area contributed by atoms with Gasteiger partial charge in [0.25, 0.3) is 0 Å². The number of hydrogen-bond donors (Lipinski definition) is 3. The second-order valence-corrected chi connectivity index (χ2v) is 13.4. The van der Waals surface area contributed by atoms with Crippen LogP contribution in [-0.4, -0.2) is 57.6 Å². The van der Waals surface area contributed by atoms with Crippen LogP contribution in [-0.2, 0) is 14.2 Å². The van der Waals surface area contributed by atoms with Crippen LogP contribution in [0.5, 0.6) is 5.75 Å². The summed E-state index contributed by atoms with van der Waals surface area (Å²) in [4.78, 5) is 13.6. The fourth-order valence-corrected chi connectivity index (χ4v) is 8.69. The lowest BCUT2D eigenvalue weighted by molar-refractivity contribution is -0.312. The van der Waals surface area contributed by atoms with Crippen molar-refractivity contribution in [2.24, 2.45) is 34.5 Å². The lowest BCUT2D eigenvalue weighted by Gasteiger charge is -2.55. The third-order valence-electron chi connectivity index (χ3n) is 10.6. The highest BCUT2D eigenvalue weighted by atomic mass is 16.7. The molecular formula is C31H40O7. The molecule has 7 nitrogen and oxygen atoms in total. The van der Waals surface area contributed by atoms with E-state index in [1.807, 2.05) is 26.8 Å². The average molecular weight is 525 g/mol. The molecule has 5 aliphatic rings. The van der Waals surface area contributed by atoms with E-state index in [2.05, 4.69) is 26.8 Å². The first-order valence-electron chi connectivity index (χ1n) is 13.8. The van der Waals surface area contributed by atoms with Crippen molar-refractivity contribution >= 4 is 5.97 Å². The molecule has 3 N–H and O–H groups in total. The molecule has 1 spiro atoms. The van der Waals surface area contributed by atoms with E-state index < -0.39 is 41.1 Å². The Balaban J connectivity index is 1.52. The van der Waals surface area contributed by atoms with Gasteiger partial charge in [0.05, 0.1) is 18.1 Å². The predicted octanol–water partition coefficient (Wildman–Crippen LogP) is 4.28. The number of rotatable bonds is 2. The van der Waals surface area contributed by atoms with Crippen LogP contribution < -0.4 is 0 Å². The molecular weight excluding hydrogens is 484 g/mol. The fraction of sp³-hybridized carbons (Fsp3) is 0.645. The van der Waals surface area contributed by atoms with Gasteiger partial charge in [-0.05, 0) is 80.1 Å². The molecule has 1 aliphatic heterocycles. The molecule has 4 aliphatic carbocycles. The van der Waals surface area contributed by atoms with Crippen LogP contribution in [0.15, 0.2) is 41.5 Å². The Hall–Kier alpha value is -2.19. The Morgan fingerprint density at radius 2 is 1.87 bits per heavy atom. The third-order valence-corrected chi connectivity index (χ3v) is 10.6. The fourth-order valence-electron chi connectivity index (χ4n) is 8.69. The van der Waals surface area contributed by atoms with Crippen LogP contribution in [0.2, 0.25) is 0 Å². The zero-order valence-electron chi connectivity index (χ0n) is 23.3. The van der Waals surface area contributed by atoms with Crippen molar-refractivity contribution in [2.75, 3.05) is 6.61 Å². The van der Waals surface area contributed by atoms with E-state index in [9.17, 15) is 20.1 Å². The summed E-state index contributed by atoms with van der Waals surface area (Å²) in [6.07, 6.45) is 2.04. The van der Waals surface area contributed by atoms with Gasteiger partial charge >= 0.3 is 5.97 Å². The number of ether oxygens (including phenoxy) is 3. The van der Waals surface area contributed by atoms with E-state index >= 15 is 0 Å². The maximum Gasteiger partial charge on any atom is 0.342 e. The molecule has 206 valence electrons. The Bertz CT molecular complexity index is 1240. The van der Waals surface area contributed by atoms with Crippen molar-refractivity contribution in [3.05, 3.63) is 52.6 Å². The molecule has 6 rings (SSSR count). The van der Waals surface area contributed by atoms with E-state index in [4.69, 9.17) is 14.2 Å². The van der Waals surface area contributed by atoms with Gasteiger partial charge < -0.3 is 29.5 Å². The van der Waals surface area contributed by atoms with Crippen molar-refractivity contribution in [2.45, 2.75) is 84.6 Å². The summed E-state index contributed by atoms with van der Waals surface area (Å²) in [5, 5.41) is 35.9. The monoisotopic (exact) mass is 524 g/mol. The van der Waals surface area contributed by atoms with Gasteiger partial charge in [0, 0.05) is 5.92 Å². The van der Waals surface area contributed by atoms with E-state index in [-0.39, 0.29) is 41.1 Å². The smallest absolute Gasteiger partial charge is 0.342 e. The molecule has 1 aromatic carbocycles. The molecule has 1 unspecified atom stereocenters. The SMILES string of the molecule is CC1=C[C@]23C(O)[C@@H](C=C4COC(C)(C)O[C@H]4[C@]2(O)[C@H]1OC(=O)c1c(C)cccc1O)[C@H]1[C@@H](C[C@H]3C)C1(C)C. The summed E-state index contributed by atoms with van der Waals surface area (Å²) in [6, 6.07) is 4.85. The molecule has 0 aromatic heterocycles. The van der Waals surface area contributed by atoms with Crippen LogP contribution in [0.25, 0.3) is 0 Å². The van der Waals surface area contributed by atoms with Crippen molar-refractivity contribution < 1.29 is 34.3 Å². The Labute approximate surface area is 224 Å². The minimum atomic E-state index is -1.79. The van der Waals surface area contributed by atoms with Crippen LogP contribution >= 0.6 is 0 Å². The number of aromatic hydroxyl groups is 1. The predicted molar refractivity (Wildman–Crippen MR) is 140 cm³/mol. The van der Waals surface area contributed by atoms with Gasteiger partial charge in [-0.3, -0.25) is 0 Å². The number of esters is 1. The summed E-state index contributed by atoms with van der Waals surface area (Å²) >= 11 is 0. The number of hydrogen-bond acceptors (Lipinski definition) is 7. The molecule has 9 atom stereocenters. The summed E-state index contributed by atoms with van der Waals surface area (Å²) in [5.41, 5.74) is -0.729. The van der Waals surface area contributed by atoms with Crippen LogP contribution in [0, 0.1) is 41.4 Å². The minimum Gasteiger partial charge on any atom is -0.507 e. The number of aliphatic hydroxyl groups is 2. The topological polar surface area (TPSA) is 105 Å². The number of fused-ring (bicyclic) bond motifs is 5. The van der Waals surface area contributed by atoms with Gasteiger partial charge in [-0.25, -0.2) is 4.79 Å². The molecule has 2 bridgehead atoms. The lowest BCUT2D eigenvalue weighted by Crippen LogP contribution is -2.69. The number of carbonyl (C=O) groups is 1. The van der Waals surface area contributed by atoms with Gasteiger partial charge in [-0.1, -0.05) is 45.1 Å². The van der Waals surface area contributed by atoms with Gasteiger partial charge in [0.15, 0.2) is 11.9 Å². The summed E-state index contributed by atoms with van der Waals surface area (Å²) in [7, 11) is 0. The molecule has 2 saturated carbocycles. The van der Waals surface area contributed by atoms with E-state index in [0.717, 1.165) is 12.0 Å². The van der Waals surface area contributed by atoms with E-state index in [0.29, 0.717) is 17.1 Å². The van der Waals surface area contributed by atoms with Crippen LogP contribution in [0.3, 0.4) is 0 Å². The average Bonchev–Trinajstić information content (AvgIpc) is 3.31. The highest BCUT2D eigenvalue weighted by molar-refractivity contribution is 5.94. The Morgan fingerprint density at radius 3 is 2.55 bits per heavy atom. The molecule has 0 amide bonds. The molecule has 1 saturated heterocycles. The molecule has 3 fully saturated rings. The minimum absolute atomic E-state index is 0.0674. The number of phenolic OH excluding ortho intramolecular Hbond substituents is 1. The van der Waals surface area contributed by atoms with Gasteiger partial charge in [0.2, 0.25) is 0 Å².